The third kappa shape index (κ3) is 6.04. The Kier molecular flexibility index (Phi) is 7.61. The average Bonchev–Trinajstić information content (AvgIpc) is 2.79. The Bertz CT molecular complexity index is 789. The van der Waals surface area contributed by atoms with Crippen molar-refractivity contribution in [1.82, 2.24) is 15.5 Å². The summed E-state index contributed by atoms with van der Waals surface area (Å²) in [7, 11) is 1.63. The van der Waals surface area contributed by atoms with Crippen LogP contribution >= 0.6 is 0 Å². The minimum absolute atomic E-state index is 0.0457. The SMILES string of the molecule is COc1ccc(C(CNC(=O)C(=O)NCc2ccccc2)N2CCOCC2)cc1. The van der Waals surface area contributed by atoms with Crippen LogP contribution in [0.2, 0.25) is 0 Å². The van der Waals surface area contributed by atoms with Crippen molar-refractivity contribution in [1.29, 1.82) is 0 Å². The molecule has 1 aliphatic rings. The molecule has 2 aromatic rings. The third-order valence-corrected chi connectivity index (χ3v) is 4.95. The molecule has 1 saturated heterocycles. The molecular formula is C22H27N3O4. The number of ether oxygens (including phenoxy) is 2. The van der Waals surface area contributed by atoms with Crippen LogP contribution in [0, 0.1) is 0 Å². The van der Waals surface area contributed by atoms with Gasteiger partial charge in [-0.1, -0.05) is 42.5 Å². The van der Waals surface area contributed by atoms with Gasteiger partial charge in [-0.05, 0) is 23.3 Å². The predicted octanol–water partition coefficient (Wildman–Crippen LogP) is 1.50. The molecular weight excluding hydrogens is 370 g/mol. The number of hydrogen-bond acceptors (Lipinski definition) is 5. The summed E-state index contributed by atoms with van der Waals surface area (Å²) in [6, 6.07) is 17.2. The van der Waals surface area contributed by atoms with E-state index in [0.717, 1.165) is 30.0 Å². The molecule has 2 amide bonds. The van der Waals surface area contributed by atoms with Gasteiger partial charge in [0.05, 0.1) is 26.4 Å². The van der Waals surface area contributed by atoms with Crippen molar-refractivity contribution >= 4 is 11.8 Å². The standard InChI is InChI=1S/C22H27N3O4/c1-28-19-9-7-18(8-10-19)20(25-11-13-29-14-12-25)16-24-22(27)21(26)23-15-17-5-3-2-4-6-17/h2-10,20H,11-16H2,1H3,(H,23,26)(H,24,27). The highest BCUT2D eigenvalue weighted by Crippen LogP contribution is 2.23. The lowest BCUT2D eigenvalue weighted by molar-refractivity contribution is -0.139. The van der Waals surface area contributed by atoms with Gasteiger partial charge in [-0.2, -0.15) is 0 Å². The van der Waals surface area contributed by atoms with Gasteiger partial charge in [0.25, 0.3) is 0 Å². The summed E-state index contributed by atoms with van der Waals surface area (Å²) in [5.74, 6) is -0.490. The Hall–Kier alpha value is -2.90. The number of nitrogens with one attached hydrogen (secondary N) is 2. The van der Waals surface area contributed by atoms with Gasteiger partial charge in [-0.25, -0.2) is 0 Å². The van der Waals surface area contributed by atoms with E-state index in [2.05, 4.69) is 15.5 Å². The fourth-order valence-corrected chi connectivity index (χ4v) is 3.30. The van der Waals surface area contributed by atoms with Crippen molar-refractivity contribution in [3.05, 3.63) is 65.7 Å². The molecule has 1 heterocycles. The van der Waals surface area contributed by atoms with Crippen LogP contribution in [0.25, 0.3) is 0 Å². The third-order valence-electron chi connectivity index (χ3n) is 4.95. The Morgan fingerprint density at radius 3 is 2.31 bits per heavy atom. The molecule has 3 rings (SSSR count). The van der Waals surface area contributed by atoms with Gasteiger partial charge in [0, 0.05) is 26.2 Å². The molecule has 0 radical (unpaired) electrons. The number of carbonyl (C=O) groups is 2. The number of benzene rings is 2. The lowest BCUT2D eigenvalue weighted by Gasteiger charge is -2.34. The van der Waals surface area contributed by atoms with Crippen LogP contribution in [-0.2, 0) is 20.9 Å². The van der Waals surface area contributed by atoms with Gasteiger partial charge in [0.1, 0.15) is 5.75 Å². The summed E-state index contributed by atoms with van der Waals surface area (Å²) in [5, 5.41) is 5.43. The summed E-state index contributed by atoms with van der Waals surface area (Å²) in [4.78, 5) is 26.7. The molecule has 1 atom stereocenters. The van der Waals surface area contributed by atoms with E-state index in [1.807, 2.05) is 54.6 Å². The maximum atomic E-state index is 12.3. The molecule has 1 fully saturated rings. The zero-order valence-electron chi connectivity index (χ0n) is 16.6. The minimum atomic E-state index is -0.635. The van der Waals surface area contributed by atoms with E-state index in [-0.39, 0.29) is 6.04 Å². The van der Waals surface area contributed by atoms with Crippen LogP contribution < -0.4 is 15.4 Å². The van der Waals surface area contributed by atoms with Crippen LogP contribution in [0.4, 0.5) is 0 Å². The van der Waals surface area contributed by atoms with Gasteiger partial charge < -0.3 is 20.1 Å². The molecule has 0 aromatic heterocycles. The first-order valence-electron chi connectivity index (χ1n) is 9.73. The van der Waals surface area contributed by atoms with Crippen molar-refractivity contribution < 1.29 is 19.1 Å². The average molecular weight is 397 g/mol. The lowest BCUT2D eigenvalue weighted by atomic mass is 10.0. The summed E-state index contributed by atoms with van der Waals surface area (Å²) in [6.45, 7) is 3.50. The topological polar surface area (TPSA) is 79.9 Å². The smallest absolute Gasteiger partial charge is 0.309 e. The van der Waals surface area contributed by atoms with Crippen LogP contribution in [-0.4, -0.2) is 56.7 Å². The fraction of sp³-hybridized carbons (Fsp3) is 0.364. The molecule has 1 aliphatic heterocycles. The first-order chi connectivity index (χ1) is 14.2. The summed E-state index contributed by atoms with van der Waals surface area (Å²) in [5.41, 5.74) is 2.00. The number of amides is 2. The molecule has 7 nitrogen and oxygen atoms in total. The zero-order chi connectivity index (χ0) is 20.5. The highest BCUT2D eigenvalue weighted by Gasteiger charge is 2.24. The largest absolute Gasteiger partial charge is 0.497 e. The molecule has 29 heavy (non-hydrogen) atoms. The van der Waals surface area contributed by atoms with Crippen LogP contribution in [0.5, 0.6) is 5.75 Å². The minimum Gasteiger partial charge on any atom is -0.497 e. The van der Waals surface area contributed by atoms with E-state index in [1.54, 1.807) is 7.11 Å². The number of hydrogen-bond donors (Lipinski definition) is 2. The van der Waals surface area contributed by atoms with E-state index in [4.69, 9.17) is 9.47 Å². The second-order valence-electron chi connectivity index (χ2n) is 6.82. The maximum Gasteiger partial charge on any atom is 0.309 e. The number of nitrogens with zero attached hydrogens (tertiary/aromatic N) is 1. The van der Waals surface area contributed by atoms with Crippen molar-refractivity contribution in [3.8, 4) is 5.75 Å². The number of rotatable bonds is 7. The van der Waals surface area contributed by atoms with Crippen LogP contribution in [0.1, 0.15) is 17.2 Å². The van der Waals surface area contributed by atoms with Crippen LogP contribution in [0.3, 0.4) is 0 Å². The number of methoxy groups -OCH3 is 1. The maximum absolute atomic E-state index is 12.3. The Labute approximate surface area is 171 Å². The molecule has 0 saturated carbocycles. The number of carbonyl (C=O) groups excluding carboxylic acids is 2. The normalized spacial score (nSPS) is 15.3. The van der Waals surface area contributed by atoms with E-state index < -0.39 is 11.8 Å². The molecule has 7 heteroatoms. The van der Waals surface area contributed by atoms with Gasteiger partial charge in [0.2, 0.25) is 0 Å². The second kappa shape index (κ2) is 10.6. The van der Waals surface area contributed by atoms with Gasteiger partial charge in [-0.3, -0.25) is 14.5 Å². The molecule has 154 valence electrons. The first kappa shape index (κ1) is 20.8. The van der Waals surface area contributed by atoms with Crippen molar-refractivity contribution in [2.75, 3.05) is 40.0 Å². The highest BCUT2D eigenvalue weighted by molar-refractivity contribution is 6.35. The summed E-state index contributed by atoms with van der Waals surface area (Å²) in [6.07, 6.45) is 0. The Morgan fingerprint density at radius 1 is 1.00 bits per heavy atom. The predicted molar refractivity (Wildman–Crippen MR) is 109 cm³/mol. The first-order valence-corrected chi connectivity index (χ1v) is 9.73. The zero-order valence-corrected chi connectivity index (χ0v) is 16.6. The molecule has 2 N–H and O–H groups in total. The second-order valence-corrected chi connectivity index (χ2v) is 6.82. The van der Waals surface area contributed by atoms with E-state index >= 15 is 0 Å². The molecule has 0 spiro atoms. The van der Waals surface area contributed by atoms with Crippen LogP contribution in [0.15, 0.2) is 54.6 Å². The molecule has 0 bridgehead atoms. The summed E-state index contributed by atoms with van der Waals surface area (Å²) < 4.78 is 10.7. The molecule has 2 aromatic carbocycles. The van der Waals surface area contributed by atoms with Gasteiger partial charge >= 0.3 is 11.8 Å². The lowest BCUT2D eigenvalue weighted by Crippen LogP contribution is -2.46. The Balaban J connectivity index is 1.59. The number of morpholine rings is 1. The fourth-order valence-electron chi connectivity index (χ4n) is 3.30. The van der Waals surface area contributed by atoms with Crippen molar-refractivity contribution in [2.45, 2.75) is 12.6 Å². The van der Waals surface area contributed by atoms with Gasteiger partial charge in [0.15, 0.2) is 0 Å². The van der Waals surface area contributed by atoms with E-state index in [9.17, 15) is 9.59 Å². The summed E-state index contributed by atoms with van der Waals surface area (Å²) >= 11 is 0. The van der Waals surface area contributed by atoms with E-state index in [0.29, 0.717) is 26.3 Å². The molecule has 0 aliphatic carbocycles. The van der Waals surface area contributed by atoms with E-state index in [1.165, 1.54) is 0 Å². The molecule has 1 unspecified atom stereocenters. The van der Waals surface area contributed by atoms with Crippen molar-refractivity contribution in [2.24, 2.45) is 0 Å². The highest BCUT2D eigenvalue weighted by atomic mass is 16.5. The van der Waals surface area contributed by atoms with Gasteiger partial charge in [-0.15, -0.1) is 0 Å². The Morgan fingerprint density at radius 2 is 1.66 bits per heavy atom. The van der Waals surface area contributed by atoms with Crippen molar-refractivity contribution in [3.63, 3.8) is 0 Å². The quantitative estimate of drug-likeness (QED) is 0.693. The monoisotopic (exact) mass is 397 g/mol.